The molecule has 11 rings (SSSR count). The fourth-order valence-electron chi connectivity index (χ4n) is 14.1. The third-order valence-corrected chi connectivity index (χ3v) is 22.2. The molecule has 0 aliphatic rings. The minimum absolute atomic E-state index is 0.677. The number of benzene rings is 7. The topological polar surface area (TPSA) is 56.7 Å². The molecule has 0 spiro atoms. The quantitative estimate of drug-likeness (QED) is 0.165. The van der Waals surface area contributed by atoms with Gasteiger partial charge in [0.25, 0.3) is 0 Å². The lowest BCUT2D eigenvalue weighted by atomic mass is 9.60. The van der Waals surface area contributed by atoms with Gasteiger partial charge in [0.15, 0.2) is 17.5 Å². The van der Waals surface area contributed by atoms with Crippen molar-refractivity contribution in [1.29, 1.82) is 0 Å². The van der Waals surface area contributed by atoms with Gasteiger partial charge in [-0.3, -0.25) is 0 Å². The molecule has 0 fully saturated rings. The maximum Gasteiger partial charge on any atom is 0.163 e. The fourth-order valence-corrected chi connectivity index (χ4v) is 15.7. The largest absolute Gasteiger partial charge is 0.457 e. The molecule has 0 amide bonds. The molecule has 5 nitrogen and oxygen atoms in total. The van der Waals surface area contributed by atoms with Crippen LogP contribution in [0.2, 0.25) is 0 Å². The van der Waals surface area contributed by atoms with E-state index < -0.39 is 0 Å². The summed E-state index contributed by atoms with van der Waals surface area (Å²) in [6.45, 7) is 0. The molecule has 0 saturated carbocycles. The number of thiophene rings is 1. The van der Waals surface area contributed by atoms with Gasteiger partial charge in [0, 0.05) is 64.4 Å². The van der Waals surface area contributed by atoms with E-state index in [0.717, 1.165) is 44.2 Å². The summed E-state index contributed by atoms with van der Waals surface area (Å²) >= 11 is 2.01. The summed E-state index contributed by atoms with van der Waals surface area (Å²) in [6, 6.07) is 0. The van der Waals surface area contributed by atoms with E-state index in [1.54, 1.807) is 0 Å². The van der Waals surface area contributed by atoms with Crippen molar-refractivity contribution in [1.82, 2.24) is 19.5 Å². The monoisotopic (exact) mass is 983 g/mol. The van der Waals surface area contributed by atoms with Crippen LogP contribution in [0, 0.1) is 0 Å². The zero-order valence-electron chi connectivity index (χ0n) is 51.1. The zero-order valence-corrected chi connectivity index (χ0v) is 51.9. The highest BCUT2D eigenvalue weighted by molar-refractivity contribution is 7.28. The van der Waals surface area contributed by atoms with E-state index in [1.165, 1.54) is 184 Å². The Morgan fingerprint density at radius 2 is 0.558 bits per heavy atom. The van der Waals surface area contributed by atoms with E-state index in [0.29, 0.717) is 17.5 Å². The molecule has 7 aromatic carbocycles. The van der Waals surface area contributed by atoms with Gasteiger partial charge in [-0.25, -0.2) is 15.0 Å². The first-order valence-electron chi connectivity index (χ1n) is 27.8. The van der Waals surface area contributed by atoms with E-state index in [4.69, 9.17) is 19.4 Å². The highest BCUT2D eigenvalue weighted by Gasteiger charge is 2.31. The lowest BCUT2D eigenvalue weighted by Crippen LogP contribution is -2.55. The molecule has 0 aliphatic carbocycles. The minimum atomic E-state index is 0.677. The summed E-state index contributed by atoms with van der Waals surface area (Å²) < 4.78 is 12.9. The Balaban J connectivity index is 1.26. The second-order valence-corrected chi connectivity index (χ2v) is 24.9. The van der Waals surface area contributed by atoms with Crippen LogP contribution < -0.4 is 142 Å². The van der Waals surface area contributed by atoms with Crippen molar-refractivity contribution in [3.63, 3.8) is 0 Å². The van der Waals surface area contributed by atoms with Crippen LogP contribution in [0.15, 0.2) is 4.42 Å². The number of furan rings is 1. The van der Waals surface area contributed by atoms with Crippen molar-refractivity contribution < 1.29 is 4.42 Å². The highest BCUT2D eigenvalue weighted by Crippen LogP contribution is 2.40. The van der Waals surface area contributed by atoms with Crippen molar-refractivity contribution in [3.8, 4) is 39.9 Å². The number of aromatic nitrogens is 4. The smallest absolute Gasteiger partial charge is 0.163 e. The Bertz CT molecular complexity index is 4520. The first kappa shape index (κ1) is 54.0. The van der Waals surface area contributed by atoms with Crippen LogP contribution in [-0.4, -0.2) is 224 Å². The van der Waals surface area contributed by atoms with Crippen LogP contribution in [0.5, 0.6) is 0 Å². The number of hydrogen-bond acceptors (Lipinski definition) is 5. The van der Waals surface area contributed by atoms with Gasteiger partial charge in [-0.2, -0.15) is 0 Å². The summed E-state index contributed by atoms with van der Waals surface area (Å²) in [5.74, 6) is 2.10. The molecule has 0 N–H and O–H groups in total. The van der Waals surface area contributed by atoms with Crippen LogP contribution in [0.1, 0.15) is 0 Å². The first-order valence-corrected chi connectivity index (χ1v) is 28.6. The van der Waals surface area contributed by atoms with E-state index in [1.807, 2.05) is 11.3 Å². The Morgan fingerprint density at radius 3 is 1.05 bits per heavy atom. The molecule has 0 aliphatic heterocycles. The van der Waals surface area contributed by atoms with E-state index in [-0.39, 0.29) is 0 Å². The second kappa shape index (κ2) is 18.3. The zero-order chi connectivity index (χ0) is 56.1. The first-order chi connectivity index (χ1) is 36.1. The van der Waals surface area contributed by atoms with Gasteiger partial charge >= 0.3 is 0 Å². The lowest BCUT2D eigenvalue weighted by Gasteiger charge is -2.23. The summed E-state index contributed by atoms with van der Waals surface area (Å²) in [5, 5.41) is 7.97. The molecule has 77 heavy (non-hydrogen) atoms. The van der Waals surface area contributed by atoms with Gasteiger partial charge in [-0.1, -0.05) is 87.4 Å². The number of rotatable bonds is 4. The second-order valence-electron chi connectivity index (χ2n) is 23.8. The molecule has 11 aromatic rings. The van der Waals surface area contributed by atoms with Crippen molar-refractivity contribution in [3.05, 3.63) is 0 Å². The highest BCUT2D eigenvalue weighted by atomic mass is 32.1. The molecule has 32 heteroatoms. The molecule has 0 unspecified atom stereocenters. The van der Waals surface area contributed by atoms with Crippen molar-refractivity contribution in [2.24, 2.45) is 0 Å². The number of hydrogen-bond donors (Lipinski definition) is 0. The predicted octanol–water partition coefficient (Wildman–Crippen LogP) is -33.0. The Morgan fingerprint density at radius 1 is 0.247 bits per heavy atom. The van der Waals surface area contributed by atoms with Crippen LogP contribution >= 0.6 is 11.3 Å². The van der Waals surface area contributed by atoms with E-state index >= 15 is 0 Å². The molecule has 4 aromatic heterocycles. The van der Waals surface area contributed by atoms with Gasteiger partial charge < -0.3 is 8.98 Å². The van der Waals surface area contributed by atoms with E-state index in [9.17, 15) is 0 Å². The standard InChI is InChI=1S/C45H52B26N4OS/c46-10-1-6-37(31(67)13(49)4-5-12(48)22(58)30(66)35(71)42(5)77-41(4)6)75(36(1)32(68)29(65)21(10)57)38-19(55)3-2-11(47)14(50)9(20(56)39(2)76-40(3)34(70)33(38)69)45-73-43(7-15(51)23(59)27(63)24(60)16(7)52)72-44(74-45)8-17(53)25(61)28(64)26(62)18(8)54/h46-71H2. The van der Waals surface area contributed by atoms with Gasteiger partial charge in [0.1, 0.15) is 215 Å². The average molecular weight is 978 g/mol. The molecule has 0 radical (unpaired) electrons. The normalized spacial score (nSPS) is 11.9. The Hall–Kier alpha value is -4.94. The van der Waals surface area contributed by atoms with Crippen LogP contribution in [0.3, 0.4) is 0 Å². The minimum Gasteiger partial charge on any atom is -0.457 e. The van der Waals surface area contributed by atoms with Crippen molar-refractivity contribution >= 4 is 421 Å². The van der Waals surface area contributed by atoms with Crippen LogP contribution in [0.4, 0.5) is 0 Å². The maximum absolute atomic E-state index is 7.39. The van der Waals surface area contributed by atoms with Gasteiger partial charge in [0.2, 0.25) is 0 Å². The van der Waals surface area contributed by atoms with Crippen molar-refractivity contribution in [2.45, 2.75) is 0 Å². The fraction of sp³-hybridized carbons (Fsp3) is 0. The summed E-state index contributed by atoms with van der Waals surface area (Å²) in [4.78, 5) is 16.6. The SMILES string of the molecule is Bc1c(B)c(B)c(-c2nc(-c3c(B)c(B)c(B)c(B)c3B)nc(-c3c(B)c(B)c4c(oc5c(B)c(B)c(-n6c7c(B)c(B)c(B)c(B)c7c7c8sc9c(B)c(B)c(B)c(B)c9c8c(B)c(B)c76)c(B)c54)c3B)n2)c(B)c1B. The van der Waals surface area contributed by atoms with Crippen molar-refractivity contribution in [2.75, 3.05) is 0 Å². The Kier molecular flexibility index (Phi) is 12.8. The summed E-state index contributed by atoms with van der Waals surface area (Å²) in [6.07, 6.45) is 0. The molecule has 0 bridgehead atoms. The summed E-state index contributed by atoms with van der Waals surface area (Å²) in [5.41, 5.74) is 42.2. The Labute approximate surface area is 481 Å². The molecule has 4 heterocycles. The average Bonchev–Trinajstić information content (AvgIpc) is 4.25. The maximum atomic E-state index is 7.39. The number of fused-ring (bicyclic) bond motifs is 10. The van der Waals surface area contributed by atoms with Crippen LogP contribution in [0.25, 0.3) is 104 Å². The lowest BCUT2D eigenvalue weighted by molar-refractivity contribution is 0.674. The summed E-state index contributed by atoms with van der Waals surface area (Å²) in [7, 11) is 59.5. The molecule has 0 atom stereocenters. The third kappa shape index (κ3) is 7.06. The van der Waals surface area contributed by atoms with Gasteiger partial charge in [-0.15, -0.1) is 60.5 Å². The molecular formula is C45H52B26N4OS. The predicted molar refractivity (Wildman–Crippen MR) is 423 cm³/mol. The molecule has 342 valence electrons. The van der Waals surface area contributed by atoms with Gasteiger partial charge in [-0.05, 0) is 16.2 Å². The third-order valence-electron chi connectivity index (χ3n) is 20.9. The van der Waals surface area contributed by atoms with Gasteiger partial charge in [0.05, 0.1) is 0 Å². The van der Waals surface area contributed by atoms with E-state index in [2.05, 4.69) is 209 Å². The molecule has 0 saturated heterocycles. The van der Waals surface area contributed by atoms with Crippen LogP contribution in [-0.2, 0) is 0 Å². The number of nitrogens with zero attached hydrogens (tertiary/aromatic N) is 4. The molecular weight excluding hydrogens is 926 g/mol.